The van der Waals surface area contributed by atoms with Crippen LogP contribution in [0.5, 0.6) is 5.75 Å². The second kappa shape index (κ2) is 3.43. The lowest BCUT2D eigenvalue weighted by atomic mass is 10.4. The van der Waals surface area contributed by atoms with Gasteiger partial charge >= 0.3 is 0 Å². The van der Waals surface area contributed by atoms with E-state index in [9.17, 15) is 0 Å². The van der Waals surface area contributed by atoms with Crippen LogP contribution in [-0.4, -0.2) is 12.1 Å². The zero-order valence-corrected chi connectivity index (χ0v) is 5.93. The molecule has 0 amide bonds. The molecule has 1 rings (SSSR count). The first kappa shape index (κ1) is 7.37. The summed E-state index contributed by atoms with van der Waals surface area (Å²) in [6.45, 7) is 0. The van der Waals surface area contributed by atoms with Crippen LogP contribution in [0.15, 0.2) is 23.4 Å². The number of ether oxygens (including phenoxy) is 1. The van der Waals surface area contributed by atoms with Crippen molar-refractivity contribution in [1.29, 1.82) is 0 Å². The molecule has 0 saturated carbocycles. The number of hydrogen-bond acceptors (Lipinski definition) is 3. The summed E-state index contributed by atoms with van der Waals surface area (Å²) in [5.74, 6) is 0.739. The van der Waals surface area contributed by atoms with Crippen molar-refractivity contribution in [1.82, 2.24) is 4.98 Å². The molecular formula is C6H6N4O. The topological polar surface area (TPSA) is 70.9 Å². The van der Waals surface area contributed by atoms with Gasteiger partial charge in [0, 0.05) is 11.1 Å². The Labute approximate surface area is 63.3 Å². The molecule has 0 bridgehead atoms. The highest BCUT2D eigenvalue weighted by Gasteiger charge is 1.97. The van der Waals surface area contributed by atoms with Crippen LogP contribution in [0.3, 0.4) is 0 Å². The van der Waals surface area contributed by atoms with Gasteiger partial charge in [-0.1, -0.05) is 0 Å². The summed E-state index contributed by atoms with van der Waals surface area (Å²) >= 11 is 0. The van der Waals surface area contributed by atoms with Crippen LogP contribution in [0, 0.1) is 0 Å². The molecule has 1 aromatic heterocycles. The maximum absolute atomic E-state index is 8.10. The van der Waals surface area contributed by atoms with Crippen molar-refractivity contribution < 1.29 is 4.74 Å². The van der Waals surface area contributed by atoms with Gasteiger partial charge in [-0.3, -0.25) is 4.98 Å². The maximum atomic E-state index is 8.10. The number of methoxy groups -OCH3 is 1. The van der Waals surface area contributed by atoms with Crippen molar-refractivity contribution in [2.75, 3.05) is 7.11 Å². The average molecular weight is 150 g/mol. The molecule has 0 saturated heterocycles. The fourth-order valence-electron chi connectivity index (χ4n) is 0.659. The quantitative estimate of drug-likeness (QED) is 0.367. The van der Waals surface area contributed by atoms with Gasteiger partial charge in [-0.25, -0.2) is 0 Å². The second-order valence-electron chi connectivity index (χ2n) is 1.72. The van der Waals surface area contributed by atoms with Crippen molar-refractivity contribution in [3.63, 3.8) is 0 Å². The molecule has 0 aromatic carbocycles. The van der Waals surface area contributed by atoms with Crippen molar-refractivity contribution in [2.24, 2.45) is 5.11 Å². The van der Waals surface area contributed by atoms with Crippen LogP contribution in [-0.2, 0) is 0 Å². The largest absolute Gasteiger partial charge is 0.495 e. The van der Waals surface area contributed by atoms with Gasteiger partial charge in [-0.2, -0.15) is 0 Å². The van der Waals surface area contributed by atoms with Crippen molar-refractivity contribution in [2.45, 2.75) is 0 Å². The Morgan fingerprint density at radius 3 is 3.18 bits per heavy atom. The summed E-state index contributed by atoms with van der Waals surface area (Å²) in [6, 6.07) is 3.38. The summed E-state index contributed by atoms with van der Waals surface area (Å²) in [5, 5.41) is 3.32. The SMILES string of the molecule is COc1cccnc1N=[N+]=[N-]. The van der Waals surface area contributed by atoms with E-state index in [0.717, 1.165) is 0 Å². The Kier molecular flexibility index (Phi) is 2.30. The predicted molar refractivity (Wildman–Crippen MR) is 39.6 cm³/mol. The third-order valence-corrected chi connectivity index (χ3v) is 1.11. The lowest BCUT2D eigenvalue weighted by Crippen LogP contribution is -1.83. The molecule has 0 aliphatic rings. The van der Waals surface area contributed by atoms with Crippen molar-refractivity contribution >= 4 is 5.82 Å². The molecule has 1 aromatic rings. The Bertz CT molecular complexity index is 292. The minimum Gasteiger partial charge on any atom is -0.495 e. The van der Waals surface area contributed by atoms with Gasteiger partial charge in [0.05, 0.1) is 7.11 Å². The number of rotatable bonds is 2. The third kappa shape index (κ3) is 1.59. The highest BCUT2D eigenvalue weighted by Crippen LogP contribution is 2.22. The van der Waals surface area contributed by atoms with E-state index in [1.165, 1.54) is 13.3 Å². The summed E-state index contributed by atoms with van der Waals surface area (Å²) in [6.07, 6.45) is 1.53. The Morgan fingerprint density at radius 2 is 2.55 bits per heavy atom. The van der Waals surface area contributed by atoms with E-state index in [0.29, 0.717) is 5.75 Å². The van der Waals surface area contributed by atoms with Gasteiger partial charge in [0.1, 0.15) is 5.75 Å². The summed E-state index contributed by atoms with van der Waals surface area (Å²) in [4.78, 5) is 6.39. The molecule has 0 aliphatic heterocycles. The lowest BCUT2D eigenvalue weighted by Gasteiger charge is -1.99. The fourth-order valence-corrected chi connectivity index (χ4v) is 0.659. The van der Waals surface area contributed by atoms with Crippen molar-refractivity contribution in [3.05, 3.63) is 28.8 Å². The minimum atomic E-state index is 0.262. The fraction of sp³-hybridized carbons (Fsp3) is 0.167. The molecule has 0 N–H and O–H groups in total. The van der Waals surface area contributed by atoms with E-state index in [1.807, 2.05) is 0 Å². The van der Waals surface area contributed by atoms with E-state index >= 15 is 0 Å². The molecule has 0 spiro atoms. The van der Waals surface area contributed by atoms with Crippen LogP contribution in [0.4, 0.5) is 5.82 Å². The number of azide groups is 1. The number of aromatic nitrogens is 1. The number of pyridine rings is 1. The Balaban J connectivity index is 3.11. The zero-order valence-electron chi connectivity index (χ0n) is 5.93. The Morgan fingerprint density at radius 1 is 1.73 bits per heavy atom. The first-order valence-corrected chi connectivity index (χ1v) is 2.92. The van der Waals surface area contributed by atoms with Gasteiger partial charge in [-0.15, -0.1) is 0 Å². The molecule has 1 heterocycles. The third-order valence-electron chi connectivity index (χ3n) is 1.11. The summed E-state index contributed by atoms with van der Waals surface area (Å²) in [7, 11) is 1.49. The highest BCUT2D eigenvalue weighted by atomic mass is 16.5. The van der Waals surface area contributed by atoms with E-state index < -0.39 is 0 Å². The molecule has 0 atom stereocenters. The normalized spacial score (nSPS) is 8.45. The first-order chi connectivity index (χ1) is 5.38. The molecule has 56 valence electrons. The van der Waals surface area contributed by atoms with Crippen molar-refractivity contribution in [3.8, 4) is 5.75 Å². The van der Waals surface area contributed by atoms with E-state index in [2.05, 4.69) is 15.0 Å². The average Bonchev–Trinajstić information content (AvgIpc) is 2.06. The number of hydrogen-bond donors (Lipinski definition) is 0. The Hall–Kier alpha value is -1.74. The van der Waals surface area contributed by atoms with Gasteiger partial charge in [0.25, 0.3) is 0 Å². The molecule has 0 aliphatic carbocycles. The van der Waals surface area contributed by atoms with Crippen LogP contribution in [0.2, 0.25) is 0 Å². The van der Waals surface area contributed by atoms with E-state index in [1.54, 1.807) is 12.1 Å². The van der Waals surface area contributed by atoms with Gasteiger partial charge < -0.3 is 4.74 Å². The summed E-state index contributed by atoms with van der Waals surface area (Å²) in [5.41, 5.74) is 8.10. The molecule has 5 nitrogen and oxygen atoms in total. The van der Waals surface area contributed by atoms with Crippen LogP contribution >= 0.6 is 0 Å². The minimum absolute atomic E-state index is 0.262. The lowest BCUT2D eigenvalue weighted by molar-refractivity contribution is 0.414. The molecule has 0 radical (unpaired) electrons. The maximum Gasteiger partial charge on any atom is 0.168 e. The van der Waals surface area contributed by atoms with Crippen LogP contribution in [0.1, 0.15) is 0 Å². The molecule has 11 heavy (non-hydrogen) atoms. The van der Waals surface area contributed by atoms with Gasteiger partial charge in [0.2, 0.25) is 0 Å². The molecular weight excluding hydrogens is 144 g/mol. The van der Waals surface area contributed by atoms with Gasteiger partial charge in [-0.05, 0) is 22.8 Å². The van der Waals surface area contributed by atoms with E-state index in [-0.39, 0.29) is 5.82 Å². The smallest absolute Gasteiger partial charge is 0.168 e. The van der Waals surface area contributed by atoms with Gasteiger partial charge in [0.15, 0.2) is 5.82 Å². The standard InChI is InChI=1S/C6H6N4O/c1-11-5-3-2-4-8-6(5)9-10-7/h2-4H,1H3. The second-order valence-corrected chi connectivity index (χ2v) is 1.72. The van der Waals surface area contributed by atoms with Crippen LogP contribution < -0.4 is 4.74 Å². The molecule has 0 unspecified atom stereocenters. The molecule has 0 fully saturated rings. The van der Waals surface area contributed by atoms with Crippen LogP contribution in [0.25, 0.3) is 10.4 Å². The van der Waals surface area contributed by atoms with E-state index in [4.69, 9.17) is 10.3 Å². The first-order valence-electron chi connectivity index (χ1n) is 2.92. The number of nitrogens with zero attached hydrogens (tertiary/aromatic N) is 4. The highest BCUT2D eigenvalue weighted by molar-refractivity contribution is 5.43. The monoisotopic (exact) mass is 150 g/mol. The summed E-state index contributed by atoms with van der Waals surface area (Å²) < 4.78 is 4.87. The predicted octanol–water partition coefficient (Wildman–Crippen LogP) is 2.03. The molecule has 5 heteroatoms. The zero-order chi connectivity index (χ0) is 8.10.